The number of nitrogens with zero attached hydrogens (tertiary/aromatic N) is 3. The van der Waals surface area contributed by atoms with Gasteiger partial charge < -0.3 is 10.2 Å². The van der Waals surface area contributed by atoms with Crippen LogP contribution in [0.25, 0.3) is 0 Å². The number of carbonyl (C=O) groups is 2. The van der Waals surface area contributed by atoms with Crippen molar-refractivity contribution in [2.75, 3.05) is 16.8 Å². The van der Waals surface area contributed by atoms with Gasteiger partial charge in [-0.3, -0.25) is 19.7 Å². The quantitative estimate of drug-likeness (QED) is 0.414. The molecule has 0 spiro atoms. The van der Waals surface area contributed by atoms with Crippen LogP contribution < -0.4 is 10.2 Å². The predicted molar refractivity (Wildman–Crippen MR) is 116 cm³/mol. The summed E-state index contributed by atoms with van der Waals surface area (Å²) in [6.07, 6.45) is 1.03. The second-order valence-electron chi connectivity index (χ2n) is 7.11. The number of nitro groups is 1. The molecular formula is C20H15FN4O6S2. The standard InChI is InChI=1S/C20H15FN4O6S2/c21-13-1-3-14(4-2-13)24-11-12(9-17(24)26)19(27)23-20-22-10-18(32-20)33(30,31)16-7-5-15(6-8-16)25(28)29/h1-8,10,12H,9,11H2,(H,22,23,27). The molecule has 2 heterocycles. The first kappa shape index (κ1) is 22.5. The summed E-state index contributed by atoms with van der Waals surface area (Å²) >= 11 is 0.727. The largest absolute Gasteiger partial charge is 0.312 e. The number of aromatic nitrogens is 1. The Morgan fingerprint density at radius 3 is 2.48 bits per heavy atom. The highest BCUT2D eigenvalue weighted by molar-refractivity contribution is 7.93. The summed E-state index contributed by atoms with van der Waals surface area (Å²) in [4.78, 5) is 40.2. The van der Waals surface area contributed by atoms with Crippen LogP contribution in [-0.4, -0.2) is 36.7 Å². The van der Waals surface area contributed by atoms with E-state index >= 15 is 0 Å². The average Bonchev–Trinajstić information content (AvgIpc) is 3.41. The molecule has 1 saturated heterocycles. The maximum absolute atomic E-state index is 13.1. The number of sulfone groups is 1. The fourth-order valence-electron chi connectivity index (χ4n) is 3.27. The van der Waals surface area contributed by atoms with Crippen molar-refractivity contribution in [3.8, 4) is 0 Å². The molecule has 13 heteroatoms. The van der Waals surface area contributed by atoms with Gasteiger partial charge >= 0.3 is 0 Å². The van der Waals surface area contributed by atoms with E-state index in [1.807, 2.05) is 0 Å². The van der Waals surface area contributed by atoms with Crippen LogP contribution in [0.4, 0.5) is 20.9 Å². The molecule has 1 aliphatic heterocycles. The van der Waals surface area contributed by atoms with Gasteiger partial charge in [-0.15, -0.1) is 0 Å². The molecule has 0 aliphatic carbocycles. The summed E-state index contributed by atoms with van der Waals surface area (Å²) in [5, 5.41) is 13.3. The Balaban J connectivity index is 1.45. The highest BCUT2D eigenvalue weighted by Crippen LogP contribution is 2.31. The Kier molecular flexibility index (Phi) is 5.91. The summed E-state index contributed by atoms with van der Waals surface area (Å²) in [6.45, 7) is 0.0929. The smallest absolute Gasteiger partial charge is 0.269 e. The van der Waals surface area contributed by atoms with Gasteiger partial charge in [-0.1, -0.05) is 11.3 Å². The van der Waals surface area contributed by atoms with Gasteiger partial charge in [0.2, 0.25) is 21.7 Å². The summed E-state index contributed by atoms with van der Waals surface area (Å²) in [6, 6.07) is 9.75. The Labute approximate surface area is 190 Å². The number of nitrogens with one attached hydrogen (secondary N) is 1. The van der Waals surface area contributed by atoms with E-state index in [4.69, 9.17) is 0 Å². The minimum Gasteiger partial charge on any atom is -0.312 e. The lowest BCUT2D eigenvalue weighted by atomic mass is 10.1. The average molecular weight is 490 g/mol. The van der Waals surface area contributed by atoms with Crippen LogP contribution in [-0.2, 0) is 19.4 Å². The fourth-order valence-corrected chi connectivity index (χ4v) is 5.70. The molecule has 170 valence electrons. The third kappa shape index (κ3) is 4.59. The van der Waals surface area contributed by atoms with E-state index < -0.39 is 32.4 Å². The summed E-state index contributed by atoms with van der Waals surface area (Å²) in [5.74, 6) is -1.92. The van der Waals surface area contributed by atoms with Crippen LogP contribution in [0.3, 0.4) is 0 Å². The van der Waals surface area contributed by atoms with E-state index in [1.165, 1.54) is 29.2 Å². The number of anilines is 2. The second kappa shape index (κ2) is 8.67. The van der Waals surface area contributed by atoms with Gasteiger partial charge in [-0.25, -0.2) is 17.8 Å². The van der Waals surface area contributed by atoms with E-state index in [9.17, 15) is 32.5 Å². The second-order valence-corrected chi connectivity index (χ2v) is 10.3. The lowest BCUT2D eigenvalue weighted by Crippen LogP contribution is -2.28. The molecule has 2 amide bonds. The molecule has 3 aromatic rings. The Morgan fingerprint density at radius 1 is 1.18 bits per heavy atom. The predicted octanol–water partition coefficient (Wildman–Crippen LogP) is 3.01. The van der Waals surface area contributed by atoms with E-state index in [-0.39, 0.29) is 38.8 Å². The number of halogens is 1. The minimum atomic E-state index is -3.98. The van der Waals surface area contributed by atoms with Gasteiger partial charge in [0.1, 0.15) is 10.0 Å². The number of hydrogen-bond acceptors (Lipinski definition) is 8. The lowest BCUT2D eigenvalue weighted by molar-refractivity contribution is -0.384. The molecule has 2 aromatic carbocycles. The zero-order chi connectivity index (χ0) is 23.8. The Hall–Kier alpha value is -3.71. The molecule has 1 aromatic heterocycles. The molecule has 10 nitrogen and oxygen atoms in total. The van der Waals surface area contributed by atoms with Crippen LogP contribution in [0.1, 0.15) is 6.42 Å². The molecule has 0 radical (unpaired) electrons. The number of rotatable bonds is 6. The van der Waals surface area contributed by atoms with E-state index in [0.29, 0.717) is 5.69 Å². The van der Waals surface area contributed by atoms with Crippen molar-refractivity contribution < 1.29 is 27.3 Å². The fraction of sp³-hybridized carbons (Fsp3) is 0.150. The van der Waals surface area contributed by atoms with Crippen molar-refractivity contribution in [2.45, 2.75) is 15.5 Å². The van der Waals surface area contributed by atoms with Crippen molar-refractivity contribution in [3.63, 3.8) is 0 Å². The van der Waals surface area contributed by atoms with E-state index in [0.717, 1.165) is 41.8 Å². The SMILES string of the molecule is O=C(Nc1ncc(S(=O)(=O)c2ccc([N+](=O)[O-])cc2)s1)C1CC(=O)N(c2ccc(F)cc2)C1. The third-order valence-electron chi connectivity index (χ3n) is 4.97. The summed E-state index contributed by atoms with van der Waals surface area (Å²) < 4.78 is 38.5. The van der Waals surface area contributed by atoms with Crippen LogP contribution >= 0.6 is 11.3 Å². The van der Waals surface area contributed by atoms with Crippen molar-refractivity contribution in [1.82, 2.24) is 4.98 Å². The van der Waals surface area contributed by atoms with Crippen LogP contribution in [0.2, 0.25) is 0 Å². The number of nitro benzene ring substituents is 1. The maximum Gasteiger partial charge on any atom is 0.269 e. The Bertz CT molecular complexity index is 1340. The summed E-state index contributed by atoms with van der Waals surface area (Å²) in [7, 11) is -3.98. The number of hydrogen-bond donors (Lipinski definition) is 1. The van der Waals surface area contributed by atoms with Gasteiger partial charge in [-0.05, 0) is 36.4 Å². The molecule has 0 bridgehead atoms. The molecule has 4 rings (SSSR count). The number of non-ortho nitro benzene ring substituents is 1. The number of carbonyl (C=O) groups excluding carboxylic acids is 2. The van der Waals surface area contributed by atoms with Gasteiger partial charge in [0.15, 0.2) is 5.13 Å². The topological polar surface area (TPSA) is 140 Å². The number of benzene rings is 2. The van der Waals surface area contributed by atoms with Crippen LogP contribution in [0.15, 0.2) is 63.8 Å². The van der Waals surface area contributed by atoms with Gasteiger partial charge in [0.25, 0.3) is 5.69 Å². The lowest BCUT2D eigenvalue weighted by Gasteiger charge is -2.16. The van der Waals surface area contributed by atoms with Gasteiger partial charge in [0, 0.05) is 30.8 Å². The monoisotopic (exact) mass is 490 g/mol. The minimum absolute atomic E-state index is 0.0353. The molecule has 1 fully saturated rings. The molecule has 1 N–H and O–H groups in total. The maximum atomic E-state index is 13.1. The number of thiazole rings is 1. The van der Waals surface area contributed by atoms with Gasteiger partial charge in [0.05, 0.1) is 21.9 Å². The first-order valence-corrected chi connectivity index (χ1v) is 11.8. The highest BCUT2D eigenvalue weighted by atomic mass is 32.2. The molecule has 1 atom stereocenters. The zero-order valence-corrected chi connectivity index (χ0v) is 18.3. The zero-order valence-electron chi connectivity index (χ0n) is 16.7. The Morgan fingerprint density at radius 2 is 1.85 bits per heavy atom. The number of amides is 2. The van der Waals surface area contributed by atoms with Gasteiger partial charge in [-0.2, -0.15) is 0 Å². The van der Waals surface area contributed by atoms with E-state index in [2.05, 4.69) is 10.3 Å². The first-order valence-electron chi connectivity index (χ1n) is 9.47. The highest BCUT2D eigenvalue weighted by Gasteiger charge is 2.35. The van der Waals surface area contributed by atoms with Crippen LogP contribution in [0, 0.1) is 21.8 Å². The molecular weight excluding hydrogens is 475 g/mol. The van der Waals surface area contributed by atoms with Crippen molar-refractivity contribution in [2.24, 2.45) is 5.92 Å². The summed E-state index contributed by atoms with van der Waals surface area (Å²) in [5.41, 5.74) is 0.231. The van der Waals surface area contributed by atoms with E-state index in [1.54, 1.807) is 0 Å². The molecule has 1 unspecified atom stereocenters. The molecule has 1 aliphatic rings. The van der Waals surface area contributed by atoms with Crippen molar-refractivity contribution >= 4 is 49.5 Å². The molecule has 33 heavy (non-hydrogen) atoms. The van der Waals surface area contributed by atoms with Crippen molar-refractivity contribution in [1.29, 1.82) is 0 Å². The normalized spacial score (nSPS) is 16.1. The van der Waals surface area contributed by atoms with Crippen LogP contribution in [0.5, 0.6) is 0 Å². The van der Waals surface area contributed by atoms with Crippen molar-refractivity contribution in [3.05, 3.63) is 70.7 Å². The third-order valence-corrected chi connectivity index (χ3v) is 8.11. The first-order chi connectivity index (χ1) is 15.6. The molecule has 0 saturated carbocycles.